The van der Waals surface area contributed by atoms with E-state index in [1.807, 2.05) is 0 Å². The van der Waals surface area contributed by atoms with Crippen molar-refractivity contribution in [2.45, 2.75) is 19.1 Å². The van der Waals surface area contributed by atoms with Gasteiger partial charge in [0.25, 0.3) is 0 Å². The van der Waals surface area contributed by atoms with Crippen molar-refractivity contribution in [3.63, 3.8) is 0 Å². The average molecular weight is 320 g/mol. The van der Waals surface area contributed by atoms with Crippen molar-refractivity contribution in [3.8, 4) is 5.75 Å². The van der Waals surface area contributed by atoms with Crippen LogP contribution >= 0.6 is 15.9 Å². The molecule has 0 saturated heterocycles. The molecule has 2 atom stereocenters. The van der Waals surface area contributed by atoms with Gasteiger partial charge in [-0.1, -0.05) is 15.9 Å². The number of benzene rings is 1. The van der Waals surface area contributed by atoms with Crippen molar-refractivity contribution in [3.05, 3.63) is 28.2 Å². The molecule has 2 N–H and O–H groups in total. The van der Waals surface area contributed by atoms with Gasteiger partial charge in [0.15, 0.2) is 0 Å². The van der Waals surface area contributed by atoms with Crippen LogP contribution in [0.25, 0.3) is 0 Å². The summed E-state index contributed by atoms with van der Waals surface area (Å²) in [4.78, 5) is 11.3. The molecule has 0 radical (unpaired) electrons. The highest BCUT2D eigenvalue weighted by Crippen LogP contribution is 2.30. The minimum atomic E-state index is -1.92. The van der Waals surface area contributed by atoms with E-state index in [2.05, 4.69) is 20.7 Å². The molecule has 0 aliphatic carbocycles. The molecule has 1 rings (SSSR count). The fraction of sp³-hybridized carbons (Fsp3) is 0.417. The second kappa shape index (κ2) is 6.70. The van der Waals surface area contributed by atoms with Crippen LogP contribution in [0.2, 0.25) is 0 Å². The molecule has 0 amide bonds. The van der Waals surface area contributed by atoms with Crippen LogP contribution < -0.4 is 10.5 Å². The summed E-state index contributed by atoms with van der Waals surface area (Å²) in [5, 5.41) is 0. The molecule has 1 aromatic rings. The molecule has 0 saturated carbocycles. The van der Waals surface area contributed by atoms with Crippen LogP contribution in [0, 0.1) is 0 Å². The molecule has 0 aliphatic heterocycles. The molecular formula is C12H15BrFNO3. The number of nitrogens with two attached hydrogens (primary N) is 1. The summed E-state index contributed by atoms with van der Waals surface area (Å²) in [7, 11) is 1.46. The van der Waals surface area contributed by atoms with E-state index in [4.69, 9.17) is 10.5 Å². The van der Waals surface area contributed by atoms with Crippen molar-refractivity contribution in [2.24, 2.45) is 5.73 Å². The van der Waals surface area contributed by atoms with Crippen LogP contribution in [0.15, 0.2) is 22.7 Å². The highest BCUT2D eigenvalue weighted by Gasteiger charge is 2.29. The quantitative estimate of drug-likeness (QED) is 0.846. The zero-order chi connectivity index (χ0) is 13.7. The Kier molecular flexibility index (Phi) is 5.55. The largest absolute Gasteiger partial charge is 0.496 e. The first kappa shape index (κ1) is 14.9. The van der Waals surface area contributed by atoms with E-state index >= 15 is 0 Å². The summed E-state index contributed by atoms with van der Waals surface area (Å²) in [6.45, 7) is 1.72. The molecule has 1 unspecified atom stereocenters. The molecule has 6 heteroatoms. The number of hydrogen-bond acceptors (Lipinski definition) is 4. The second-order valence-electron chi connectivity index (χ2n) is 3.57. The highest BCUT2D eigenvalue weighted by molar-refractivity contribution is 9.10. The third-order valence-corrected chi connectivity index (χ3v) is 2.87. The number of methoxy groups -OCH3 is 1. The molecule has 0 aromatic heterocycles. The third-order valence-electron chi connectivity index (χ3n) is 2.38. The SMILES string of the molecule is CCOC(=O)C(F)[C@@H](N)c1cc(Br)ccc1OC. The maximum atomic E-state index is 13.8. The van der Waals surface area contributed by atoms with Gasteiger partial charge in [-0.15, -0.1) is 0 Å². The zero-order valence-electron chi connectivity index (χ0n) is 10.2. The number of carbonyl (C=O) groups excluding carboxylic acids is 1. The monoisotopic (exact) mass is 319 g/mol. The molecule has 1 aromatic carbocycles. The Morgan fingerprint density at radius 3 is 2.78 bits per heavy atom. The van der Waals surface area contributed by atoms with Gasteiger partial charge in [-0.3, -0.25) is 0 Å². The molecule has 18 heavy (non-hydrogen) atoms. The number of halogens is 2. The van der Waals surface area contributed by atoms with Gasteiger partial charge in [-0.2, -0.15) is 0 Å². The summed E-state index contributed by atoms with van der Waals surface area (Å²) < 4.78 is 24.3. The molecule has 0 aliphatic rings. The van der Waals surface area contributed by atoms with E-state index in [-0.39, 0.29) is 6.61 Å². The maximum absolute atomic E-state index is 13.8. The lowest BCUT2D eigenvalue weighted by Gasteiger charge is -2.18. The minimum absolute atomic E-state index is 0.113. The van der Waals surface area contributed by atoms with Gasteiger partial charge >= 0.3 is 5.97 Å². The minimum Gasteiger partial charge on any atom is -0.496 e. The van der Waals surface area contributed by atoms with Crippen LogP contribution in [-0.4, -0.2) is 25.9 Å². The van der Waals surface area contributed by atoms with Crippen LogP contribution in [0.3, 0.4) is 0 Å². The maximum Gasteiger partial charge on any atom is 0.342 e. The molecular weight excluding hydrogens is 305 g/mol. The normalized spacial score (nSPS) is 13.8. The predicted molar refractivity (Wildman–Crippen MR) is 69.2 cm³/mol. The van der Waals surface area contributed by atoms with Gasteiger partial charge in [0.1, 0.15) is 5.75 Å². The van der Waals surface area contributed by atoms with E-state index in [1.54, 1.807) is 25.1 Å². The topological polar surface area (TPSA) is 61.5 Å². The predicted octanol–water partition coefficient (Wildman–Crippen LogP) is 2.36. The first-order chi connectivity index (χ1) is 8.51. The Bertz CT molecular complexity index is 428. The van der Waals surface area contributed by atoms with Gasteiger partial charge in [-0.05, 0) is 25.1 Å². The molecule has 0 heterocycles. The lowest BCUT2D eigenvalue weighted by Crippen LogP contribution is -2.31. The Hall–Kier alpha value is -1.14. The Balaban J connectivity index is 2.98. The van der Waals surface area contributed by atoms with Crippen molar-refractivity contribution >= 4 is 21.9 Å². The van der Waals surface area contributed by atoms with Crippen LogP contribution in [0.4, 0.5) is 4.39 Å². The number of hydrogen-bond donors (Lipinski definition) is 1. The van der Waals surface area contributed by atoms with E-state index in [0.717, 1.165) is 4.47 Å². The first-order valence-electron chi connectivity index (χ1n) is 5.41. The Morgan fingerprint density at radius 1 is 1.56 bits per heavy atom. The average Bonchev–Trinajstić information content (AvgIpc) is 2.37. The summed E-state index contributed by atoms with van der Waals surface area (Å²) in [6.07, 6.45) is -1.92. The Labute approximate surface area is 113 Å². The van der Waals surface area contributed by atoms with Gasteiger partial charge in [-0.25, -0.2) is 9.18 Å². The van der Waals surface area contributed by atoms with Crippen LogP contribution in [-0.2, 0) is 9.53 Å². The number of carbonyl (C=O) groups is 1. The van der Waals surface area contributed by atoms with E-state index in [0.29, 0.717) is 11.3 Å². The van der Waals surface area contributed by atoms with Crippen molar-refractivity contribution in [2.75, 3.05) is 13.7 Å². The smallest absolute Gasteiger partial charge is 0.342 e. The summed E-state index contributed by atoms with van der Waals surface area (Å²) >= 11 is 3.26. The number of esters is 1. The standard InChI is InChI=1S/C12H15BrFNO3/c1-3-18-12(16)10(14)11(15)8-6-7(13)4-5-9(8)17-2/h4-6,10-11H,3,15H2,1-2H3/t10?,11-/m0/s1. The van der Waals surface area contributed by atoms with Gasteiger partial charge in [0.05, 0.1) is 19.8 Å². The van der Waals surface area contributed by atoms with Gasteiger partial charge in [0.2, 0.25) is 6.17 Å². The highest BCUT2D eigenvalue weighted by atomic mass is 79.9. The van der Waals surface area contributed by atoms with Gasteiger partial charge < -0.3 is 15.2 Å². The number of ether oxygens (including phenoxy) is 2. The van der Waals surface area contributed by atoms with Crippen molar-refractivity contribution in [1.82, 2.24) is 0 Å². The Morgan fingerprint density at radius 2 is 2.22 bits per heavy atom. The third kappa shape index (κ3) is 3.43. The molecule has 0 bridgehead atoms. The van der Waals surface area contributed by atoms with Crippen LogP contribution in [0.1, 0.15) is 18.5 Å². The molecule has 0 spiro atoms. The van der Waals surface area contributed by atoms with E-state index < -0.39 is 18.2 Å². The van der Waals surface area contributed by atoms with Gasteiger partial charge in [0, 0.05) is 10.0 Å². The lowest BCUT2D eigenvalue weighted by atomic mass is 10.0. The number of rotatable bonds is 5. The van der Waals surface area contributed by atoms with Crippen molar-refractivity contribution in [1.29, 1.82) is 0 Å². The zero-order valence-corrected chi connectivity index (χ0v) is 11.7. The summed E-state index contributed by atoms with van der Waals surface area (Å²) in [5.41, 5.74) is 6.15. The summed E-state index contributed by atoms with van der Waals surface area (Å²) in [5.74, 6) is -0.537. The summed E-state index contributed by atoms with van der Waals surface area (Å²) in [6, 6.07) is 3.88. The van der Waals surface area contributed by atoms with Crippen LogP contribution in [0.5, 0.6) is 5.75 Å². The second-order valence-corrected chi connectivity index (χ2v) is 4.48. The molecule has 0 fully saturated rings. The van der Waals surface area contributed by atoms with Crippen molar-refractivity contribution < 1.29 is 18.7 Å². The molecule has 4 nitrogen and oxygen atoms in total. The fourth-order valence-corrected chi connectivity index (χ4v) is 1.87. The lowest BCUT2D eigenvalue weighted by molar-refractivity contribution is -0.149. The fourth-order valence-electron chi connectivity index (χ4n) is 1.49. The number of alkyl halides is 1. The van der Waals surface area contributed by atoms with E-state index in [1.165, 1.54) is 7.11 Å². The van der Waals surface area contributed by atoms with E-state index in [9.17, 15) is 9.18 Å². The first-order valence-corrected chi connectivity index (χ1v) is 6.20. The molecule has 100 valence electrons.